The van der Waals surface area contributed by atoms with Crippen LogP contribution in [0.4, 0.5) is 24.8 Å². The number of hydrogen-bond donors (Lipinski definition) is 1. The molecule has 0 atom stereocenters. The molecule has 23 heavy (non-hydrogen) atoms. The van der Waals surface area contributed by atoms with Gasteiger partial charge in [0.2, 0.25) is 5.95 Å². The van der Waals surface area contributed by atoms with Crippen LogP contribution in [-0.2, 0) is 6.18 Å². The van der Waals surface area contributed by atoms with Gasteiger partial charge < -0.3 is 5.32 Å². The second kappa shape index (κ2) is 5.49. The minimum absolute atomic E-state index is 0.101. The Morgan fingerprint density at radius 2 is 1.61 bits per heavy atom. The number of fused-ring (bicyclic) bond motifs is 1. The molecule has 0 radical (unpaired) electrons. The molecule has 0 bridgehead atoms. The maximum atomic E-state index is 12.5. The average molecular weight is 318 g/mol. The third-order valence-corrected chi connectivity index (χ3v) is 3.58. The van der Waals surface area contributed by atoms with Crippen molar-refractivity contribution in [3.63, 3.8) is 0 Å². The normalized spacial score (nSPS) is 11.7. The van der Waals surface area contributed by atoms with Crippen molar-refractivity contribution in [1.82, 2.24) is 15.0 Å². The van der Waals surface area contributed by atoms with Gasteiger partial charge in [0.05, 0.1) is 16.8 Å². The number of rotatable bonds is 2. The first-order valence-corrected chi connectivity index (χ1v) is 6.87. The molecule has 7 heteroatoms. The highest BCUT2D eigenvalue weighted by molar-refractivity contribution is 5.93. The van der Waals surface area contributed by atoms with Crippen LogP contribution in [0.5, 0.6) is 0 Å². The molecule has 0 saturated carbocycles. The summed E-state index contributed by atoms with van der Waals surface area (Å²) in [7, 11) is 0. The van der Waals surface area contributed by atoms with Gasteiger partial charge >= 0.3 is 6.18 Å². The summed E-state index contributed by atoms with van der Waals surface area (Å²) >= 11 is 0. The fourth-order valence-electron chi connectivity index (χ4n) is 2.17. The number of pyridine rings is 1. The summed E-state index contributed by atoms with van der Waals surface area (Å²) in [5.41, 5.74) is 2.83. The Morgan fingerprint density at radius 1 is 0.957 bits per heavy atom. The van der Waals surface area contributed by atoms with Gasteiger partial charge in [-0.05, 0) is 43.2 Å². The highest BCUT2D eigenvalue weighted by Crippen LogP contribution is 2.29. The van der Waals surface area contributed by atoms with E-state index >= 15 is 0 Å². The number of hydrogen-bond acceptors (Lipinski definition) is 4. The van der Waals surface area contributed by atoms with Crippen molar-refractivity contribution < 1.29 is 13.2 Å². The first kappa shape index (κ1) is 15.2. The molecule has 0 aliphatic rings. The minimum atomic E-state index is -4.45. The molecular weight excluding hydrogens is 305 g/mol. The summed E-state index contributed by atoms with van der Waals surface area (Å²) in [5, 5.41) is 3.80. The largest absolute Gasteiger partial charge is 0.419 e. The van der Waals surface area contributed by atoms with E-state index in [-0.39, 0.29) is 5.95 Å². The summed E-state index contributed by atoms with van der Waals surface area (Å²) in [4.78, 5) is 11.8. The maximum absolute atomic E-state index is 12.5. The van der Waals surface area contributed by atoms with Crippen molar-refractivity contribution in [2.45, 2.75) is 20.0 Å². The van der Waals surface area contributed by atoms with Gasteiger partial charge in [-0.15, -0.1) is 0 Å². The minimum Gasteiger partial charge on any atom is -0.323 e. The quantitative estimate of drug-likeness (QED) is 0.760. The number of halogens is 3. The third-order valence-electron chi connectivity index (χ3n) is 3.58. The first-order chi connectivity index (χ1) is 10.8. The lowest BCUT2D eigenvalue weighted by Crippen LogP contribution is -2.07. The van der Waals surface area contributed by atoms with E-state index < -0.39 is 11.7 Å². The highest BCUT2D eigenvalue weighted by Gasteiger charge is 2.31. The molecule has 0 fully saturated rings. The number of alkyl halides is 3. The van der Waals surface area contributed by atoms with Crippen LogP contribution in [-0.4, -0.2) is 15.0 Å². The Hall–Kier alpha value is -2.70. The van der Waals surface area contributed by atoms with Gasteiger partial charge in [-0.25, -0.2) is 9.97 Å². The number of aryl methyl sites for hydroxylation is 2. The smallest absolute Gasteiger partial charge is 0.323 e. The van der Waals surface area contributed by atoms with Gasteiger partial charge in [0.25, 0.3) is 0 Å². The molecule has 2 aromatic heterocycles. The summed E-state index contributed by atoms with van der Waals surface area (Å²) in [6, 6.07) is 5.67. The van der Waals surface area contributed by atoms with Crippen molar-refractivity contribution in [3.8, 4) is 0 Å². The molecule has 3 aromatic rings. The Kier molecular flexibility index (Phi) is 3.63. The van der Waals surface area contributed by atoms with E-state index in [1.54, 1.807) is 12.3 Å². The van der Waals surface area contributed by atoms with Crippen molar-refractivity contribution >= 4 is 22.5 Å². The zero-order chi connectivity index (χ0) is 16.6. The second-order valence-corrected chi connectivity index (χ2v) is 5.23. The Labute approximate surface area is 130 Å². The lowest BCUT2D eigenvalue weighted by molar-refractivity contribution is -0.138. The molecule has 0 saturated heterocycles. The zero-order valence-corrected chi connectivity index (χ0v) is 12.4. The molecule has 0 amide bonds. The van der Waals surface area contributed by atoms with Crippen LogP contribution in [0.3, 0.4) is 0 Å². The number of benzene rings is 1. The van der Waals surface area contributed by atoms with E-state index in [2.05, 4.69) is 20.3 Å². The van der Waals surface area contributed by atoms with Gasteiger partial charge in [-0.1, -0.05) is 0 Å². The van der Waals surface area contributed by atoms with Crippen LogP contribution in [0, 0.1) is 13.8 Å². The molecule has 0 aliphatic heterocycles. The van der Waals surface area contributed by atoms with E-state index in [0.29, 0.717) is 5.69 Å². The first-order valence-electron chi connectivity index (χ1n) is 6.87. The SMILES string of the molecule is Cc1cc2nccc(Nc3ncc(C(F)(F)F)cn3)c2cc1C. The number of nitrogens with zero attached hydrogens (tertiary/aromatic N) is 3. The van der Waals surface area contributed by atoms with Gasteiger partial charge in [-0.3, -0.25) is 4.98 Å². The van der Waals surface area contributed by atoms with Gasteiger partial charge in [0.15, 0.2) is 0 Å². The van der Waals surface area contributed by atoms with Crippen LogP contribution < -0.4 is 5.32 Å². The van der Waals surface area contributed by atoms with Crippen LogP contribution in [0.2, 0.25) is 0 Å². The molecule has 118 valence electrons. The lowest BCUT2D eigenvalue weighted by Gasteiger charge is -2.11. The van der Waals surface area contributed by atoms with Crippen molar-refractivity contribution in [2.24, 2.45) is 0 Å². The highest BCUT2D eigenvalue weighted by atomic mass is 19.4. The molecule has 0 unspecified atom stereocenters. The molecular formula is C16H13F3N4. The van der Waals surface area contributed by atoms with Gasteiger partial charge in [-0.2, -0.15) is 13.2 Å². The summed E-state index contributed by atoms with van der Waals surface area (Å²) in [6.07, 6.45) is -1.30. The van der Waals surface area contributed by atoms with Crippen LogP contribution >= 0.6 is 0 Å². The molecule has 2 heterocycles. The Bertz CT molecular complexity index is 858. The molecule has 1 N–H and O–H groups in total. The standard InChI is InChI=1S/C16H13F3N4/c1-9-5-12-13(3-4-20-14(12)6-10(9)2)23-15-21-7-11(8-22-15)16(17,18)19/h3-8H,1-2H3,(H,20,21,22,23). The lowest BCUT2D eigenvalue weighted by atomic mass is 10.1. The number of aromatic nitrogens is 3. The zero-order valence-electron chi connectivity index (χ0n) is 12.4. The predicted octanol–water partition coefficient (Wildman–Crippen LogP) is 4.40. The number of nitrogens with one attached hydrogen (secondary N) is 1. The Morgan fingerprint density at radius 3 is 2.26 bits per heavy atom. The van der Waals surface area contributed by atoms with E-state index in [0.717, 1.165) is 34.4 Å². The van der Waals surface area contributed by atoms with Gasteiger partial charge in [0, 0.05) is 24.0 Å². The molecule has 0 spiro atoms. The average Bonchev–Trinajstić information content (AvgIpc) is 2.49. The van der Waals surface area contributed by atoms with E-state index in [1.807, 2.05) is 26.0 Å². The summed E-state index contributed by atoms with van der Waals surface area (Å²) in [5.74, 6) is 0.101. The second-order valence-electron chi connectivity index (χ2n) is 5.23. The maximum Gasteiger partial charge on any atom is 0.419 e. The van der Waals surface area contributed by atoms with Crippen molar-refractivity contribution in [1.29, 1.82) is 0 Å². The van der Waals surface area contributed by atoms with E-state index in [4.69, 9.17) is 0 Å². The predicted molar refractivity (Wildman–Crippen MR) is 81.5 cm³/mol. The van der Waals surface area contributed by atoms with E-state index in [1.165, 1.54) is 0 Å². The van der Waals surface area contributed by atoms with Gasteiger partial charge in [0.1, 0.15) is 0 Å². The molecule has 0 aliphatic carbocycles. The fourth-order valence-corrected chi connectivity index (χ4v) is 2.17. The summed E-state index contributed by atoms with van der Waals surface area (Å²) < 4.78 is 37.6. The Balaban J connectivity index is 1.97. The van der Waals surface area contributed by atoms with Crippen LogP contribution in [0.15, 0.2) is 36.8 Å². The van der Waals surface area contributed by atoms with Crippen LogP contribution in [0.25, 0.3) is 10.9 Å². The monoisotopic (exact) mass is 318 g/mol. The van der Waals surface area contributed by atoms with E-state index in [9.17, 15) is 13.2 Å². The molecule has 1 aromatic carbocycles. The fraction of sp³-hybridized carbons (Fsp3) is 0.188. The summed E-state index contributed by atoms with van der Waals surface area (Å²) in [6.45, 7) is 3.98. The molecule has 4 nitrogen and oxygen atoms in total. The van der Waals surface area contributed by atoms with Crippen LogP contribution in [0.1, 0.15) is 16.7 Å². The molecule has 3 rings (SSSR count). The topological polar surface area (TPSA) is 50.7 Å². The van der Waals surface area contributed by atoms with Crippen molar-refractivity contribution in [2.75, 3.05) is 5.32 Å². The third kappa shape index (κ3) is 3.08. The van der Waals surface area contributed by atoms with Crippen molar-refractivity contribution in [3.05, 3.63) is 53.5 Å². The number of anilines is 2.